The van der Waals surface area contributed by atoms with E-state index in [9.17, 15) is 4.79 Å². The van der Waals surface area contributed by atoms with Crippen molar-refractivity contribution in [1.29, 1.82) is 0 Å². The average Bonchev–Trinajstić information content (AvgIpc) is 2.92. The van der Waals surface area contributed by atoms with Crippen LogP contribution in [-0.2, 0) is 6.42 Å². The minimum Gasteiger partial charge on any atom is -0.296 e. The van der Waals surface area contributed by atoms with Gasteiger partial charge in [0.2, 0.25) is 0 Å². The smallest absolute Gasteiger partial charge is 0.186 e. The molecule has 0 spiro atoms. The van der Waals surface area contributed by atoms with E-state index in [-0.39, 0.29) is 5.78 Å². The maximum atomic E-state index is 12.3. The number of likely N-dealkylation sites (N-methyl/N-ethyl adjacent to an activating group) is 1. The van der Waals surface area contributed by atoms with Crippen molar-refractivity contribution in [2.45, 2.75) is 47.0 Å². The number of thiophene rings is 1. The zero-order valence-electron chi connectivity index (χ0n) is 12.7. The molecule has 0 N–H and O–H groups in total. The Balaban J connectivity index is 2.57. The third-order valence-corrected chi connectivity index (χ3v) is 5.04. The normalized spacial score (nSPS) is 11.5. The Morgan fingerprint density at radius 3 is 2.37 bits per heavy atom. The van der Waals surface area contributed by atoms with Crippen LogP contribution in [0.15, 0.2) is 12.1 Å². The zero-order valence-corrected chi connectivity index (χ0v) is 13.6. The summed E-state index contributed by atoms with van der Waals surface area (Å²) < 4.78 is 0. The molecule has 0 amide bonds. The molecular weight excluding hydrogens is 254 g/mol. The van der Waals surface area contributed by atoms with Gasteiger partial charge in [0.15, 0.2) is 5.78 Å². The molecule has 0 saturated heterocycles. The second-order valence-corrected chi connectivity index (χ2v) is 6.22. The van der Waals surface area contributed by atoms with Crippen molar-refractivity contribution in [2.75, 3.05) is 19.6 Å². The number of Topliss-reactive ketones (excluding diaryl/α,β-unsaturated/α-hetero) is 1. The molecule has 0 aliphatic carbocycles. The van der Waals surface area contributed by atoms with E-state index >= 15 is 0 Å². The Morgan fingerprint density at radius 1 is 1.21 bits per heavy atom. The number of rotatable bonds is 9. The fraction of sp³-hybridized carbons (Fsp3) is 0.688. The highest BCUT2D eigenvalue weighted by Crippen LogP contribution is 2.18. The van der Waals surface area contributed by atoms with Crippen LogP contribution in [0.5, 0.6) is 0 Å². The second-order valence-electron chi connectivity index (χ2n) is 5.05. The quantitative estimate of drug-likeness (QED) is 0.631. The highest BCUT2D eigenvalue weighted by Gasteiger charge is 2.15. The number of hydrogen-bond acceptors (Lipinski definition) is 3. The zero-order chi connectivity index (χ0) is 14.3. The summed E-state index contributed by atoms with van der Waals surface area (Å²) in [6.07, 6.45) is 3.41. The van der Waals surface area contributed by atoms with Gasteiger partial charge in [0.05, 0.1) is 11.4 Å². The van der Waals surface area contributed by atoms with Crippen molar-refractivity contribution in [2.24, 2.45) is 5.92 Å². The first-order chi connectivity index (χ1) is 9.14. The van der Waals surface area contributed by atoms with Crippen LogP contribution in [0.25, 0.3) is 0 Å². The van der Waals surface area contributed by atoms with Crippen LogP contribution < -0.4 is 0 Å². The highest BCUT2D eigenvalue weighted by molar-refractivity contribution is 7.14. The monoisotopic (exact) mass is 281 g/mol. The van der Waals surface area contributed by atoms with Gasteiger partial charge in [-0.3, -0.25) is 9.69 Å². The lowest BCUT2D eigenvalue weighted by molar-refractivity contribution is 0.0924. The molecule has 1 aromatic heterocycles. The van der Waals surface area contributed by atoms with E-state index < -0.39 is 0 Å². The minimum atomic E-state index is 0.275. The molecule has 1 aromatic rings. The van der Waals surface area contributed by atoms with Crippen LogP contribution in [0.1, 0.15) is 55.1 Å². The van der Waals surface area contributed by atoms with E-state index in [1.54, 1.807) is 11.3 Å². The fourth-order valence-corrected chi connectivity index (χ4v) is 3.09. The van der Waals surface area contributed by atoms with Crippen LogP contribution in [0.2, 0.25) is 0 Å². The molecule has 0 aliphatic heterocycles. The molecule has 108 valence electrons. The van der Waals surface area contributed by atoms with Gasteiger partial charge in [-0.05, 0) is 31.0 Å². The summed E-state index contributed by atoms with van der Waals surface area (Å²) in [6.45, 7) is 11.3. The summed E-state index contributed by atoms with van der Waals surface area (Å²) in [5.41, 5.74) is 0. The van der Waals surface area contributed by atoms with Crippen molar-refractivity contribution in [3.63, 3.8) is 0 Å². The van der Waals surface area contributed by atoms with Gasteiger partial charge in [0, 0.05) is 11.4 Å². The highest BCUT2D eigenvalue weighted by atomic mass is 32.1. The average molecular weight is 281 g/mol. The number of ketones is 1. The molecule has 0 bridgehead atoms. The Labute approximate surface area is 121 Å². The van der Waals surface area contributed by atoms with Gasteiger partial charge < -0.3 is 0 Å². The van der Waals surface area contributed by atoms with Crippen molar-refractivity contribution in [3.05, 3.63) is 21.9 Å². The van der Waals surface area contributed by atoms with E-state index in [0.717, 1.165) is 24.4 Å². The Kier molecular flexibility index (Phi) is 7.32. The predicted molar refractivity (Wildman–Crippen MR) is 84.2 cm³/mol. The summed E-state index contributed by atoms with van der Waals surface area (Å²) in [7, 11) is 0. The van der Waals surface area contributed by atoms with Crippen LogP contribution in [0, 0.1) is 5.92 Å². The Morgan fingerprint density at radius 2 is 1.89 bits per heavy atom. The van der Waals surface area contributed by atoms with E-state index in [4.69, 9.17) is 0 Å². The van der Waals surface area contributed by atoms with Crippen LogP contribution in [0.4, 0.5) is 0 Å². The summed E-state index contributed by atoms with van der Waals surface area (Å²) in [4.78, 5) is 16.8. The molecule has 19 heavy (non-hydrogen) atoms. The number of carbonyl (C=O) groups is 1. The lowest BCUT2D eigenvalue weighted by Gasteiger charge is -2.24. The van der Waals surface area contributed by atoms with E-state index in [1.807, 2.05) is 6.07 Å². The van der Waals surface area contributed by atoms with Gasteiger partial charge >= 0.3 is 0 Å². The Hall–Kier alpha value is -0.670. The first-order valence-corrected chi connectivity index (χ1v) is 8.30. The molecule has 0 aliphatic rings. The molecule has 0 aromatic carbocycles. The summed E-state index contributed by atoms with van der Waals surface area (Å²) >= 11 is 1.65. The lowest BCUT2D eigenvalue weighted by Crippen LogP contribution is -2.33. The second kappa shape index (κ2) is 8.49. The van der Waals surface area contributed by atoms with Gasteiger partial charge in [-0.1, -0.05) is 40.5 Å². The maximum absolute atomic E-state index is 12.3. The molecule has 1 heterocycles. The number of carbonyl (C=O) groups excluding carboxylic acids is 1. The summed E-state index contributed by atoms with van der Waals surface area (Å²) in [5.74, 6) is 0.986. The first-order valence-electron chi connectivity index (χ1n) is 7.48. The van der Waals surface area contributed by atoms with E-state index in [1.165, 1.54) is 17.7 Å². The maximum Gasteiger partial charge on any atom is 0.186 e. The SMILES string of the molecule is CCc1ccc(C(=O)CN(CC)CC(CC)CC)s1. The van der Waals surface area contributed by atoms with Crippen molar-refractivity contribution in [3.8, 4) is 0 Å². The van der Waals surface area contributed by atoms with Crippen LogP contribution in [0.3, 0.4) is 0 Å². The number of aryl methyl sites for hydroxylation is 1. The topological polar surface area (TPSA) is 20.3 Å². The van der Waals surface area contributed by atoms with Gasteiger partial charge in [0.25, 0.3) is 0 Å². The molecule has 1 rings (SSSR count). The number of hydrogen-bond donors (Lipinski definition) is 0. The third kappa shape index (κ3) is 5.07. The lowest BCUT2D eigenvalue weighted by atomic mass is 10.0. The first kappa shape index (κ1) is 16.4. The standard InChI is InChI=1S/C16H27NOS/c1-5-13(6-2)11-17(8-4)12-15(18)16-10-9-14(7-3)19-16/h9-10,13H,5-8,11-12H2,1-4H3. The number of nitrogens with zero attached hydrogens (tertiary/aromatic N) is 1. The van der Waals surface area contributed by atoms with Crippen molar-refractivity contribution < 1.29 is 4.79 Å². The summed E-state index contributed by atoms with van der Waals surface area (Å²) in [6, 6.07) is 4.06. The largest absolute Gasteiger partial charge is 0.296 e. The third-order valence-electron chi connectivity index (χ3n) is 3.77. The molecule has 0 fully saturated rings. The van der Waals surface area contributed by atoms with Gasteiger partial charge in [-0.2, -0.15) is 0 Å². The molecule has 0 atom stereocenters. The molecule has 0 unspecified atom stereocenters. The molecule has 3 heteroatoms. The molecule has 2 nitrogen and oxygen atoms in total. The van der Waals surface area contributed by atoms with Crippen LogP contribution >= 0.6 is 11.3 Å². The van der Waals surface area contributed by atoms with Gasteiger partial charge in [0.1, 0.15) is 0 Å². The summed E-state index contributed by atoms with van der Waals surface area (Å²) in [5, 5.41) is 0. The molecule has 0 saturated carbocycles. The van der Waals surface area contributed by atoms with Crippen molar-refractivity contribution >= 4 is 17.1 Å². The van der Waals surface area contributed by atoms with Gasteiger partial charge in [-0.25, -0.2) is 0 Å². The molecule has 0 radical (unpaired) electrons. The van der Waals surface area contributed by atoms with E-state index in [2.05, 4.69) is 38.7 Å². The van der Waals surface area contributed by atoms with Crippen LogP contribution in [-0.4, -0.2) is 30.3 Å². The van der Waals surface area contributed by atoms with Gasteiger partial charge in [-0.15, -0.1) is 11.3 Å². The molecular formula is C16H27NOS. The van der Waals surface area contributed by atoms with Crippen molar-refractivity contribution in [1.82, 2.24) is 4.90 Å². The predicted octanol–water partition coefficient (Wildman–Crippen LogP) is 4.25. The van der Waals surface area contributed by atoms with E-state index in [0.29, 0.717) is 12.5 Å². The minimum absolute atomic E-state index is 0.275. The fourth-order valence-electron chi connectivity index (χ4n) is 2.22. The Bertz CT molecular complexity index is 382.